The van der Waals surface area contributed by atoms with Gasteiger partial charge in [0.1, 0.15) is 23.1 Å². The minimum absolute atomic E-state index is 0.145. The van der Waals surface area contributed by atoms with Gasteiger partial charge >= 0.3 is 0 Å². The molecule has 3 aromatic carbocycles. The number of halogens is 3. The lowest BCUT2D eigenvalue weighted by molar-refractivity contribution is -0.132. The zero-order valence-corrected chi connectivity index (χ0v) is 20.4. The summed E-state index contributed by atoms with van der Waals surface area (Å²) in [5.41, 5.74) is 1.34. The summed E-state index contributed by atoms with van der Waals surface area (Å²) in [7, 11) is 2.83. The first-order valence-corrected chi connectivity index (χ1v) is 11.2. The summed E-state index contributed by atoms with van der Waals surface area (Å²) >= 11 is 12.6. The third-order valence-corrected chi connectivity index (χ3v) is 6.27. The maximum absolute atomic E-state index is 13.7. The highest BCUT2D eigenvalue weighted by Gasteiger charge is 2.47. The standard InChI is InChI=1S/C26H20Cl2FNO5/c1-13-10-17(25(35-3)19(28)11-13)23(31)21-22(14-4-6-15(29)7-5-14)30(26(33)24(21)32)16-8-9-20(34-2)18(27)12-16/h4-12,22,31H,1-3H3/b23-21+. The molecular weight excluding hydrogens is 496 g/mol. The monoisotopic (exact) mass is 515 g/mol. The van der Waals surface area contributed by atoms with E-state index in [0.29, 0.717) is 22.6 Å². The number of carbonyl (C=O) groups excluding carboxylic acids is 2. The van der Waals surface area contributed by atoms with E-state index >= 15 is 0 Å². The number of carbonyl (C=O) groups is 2. The van der Waals surface area contributed by atoms with Crippen molar-refractivity contribution in [2.75, 3.05) is 19.1 Å². The SMILES string of the molecule is COc1ccc(N2C(=O)C(=O)/C(=C(/O)c3cc(C)cc(Cl)c3OC)C2c2ccc(F)cc2)cc1Cl. The molecule has 1 amide bonds. The highest BCUT2D eigenvalue weighted by atomic mass is 35.5. The second-order valence-electron chi connectivity index (χ2n) is 7.87. The fourth-order valence-corrected chi connectivity index (χ4v) is 4.72. The normalized spacial score (nSPS) is 17.1. The number of ketones is 1. The number of methoxy groups -OCH3 is 2. The van der Waals surface area contributed by atoms with Gasteiger partial charge in [-0.15, -0.1) is 0 Å². The Morgan fingerprint density at radius 3 is 2.26 bits per heavy atom. The average molecular weight is 516 g/mol. The lowest BCUT2D eigenvalue weighted by Gasteiger charge is -2.26. The van der Waals surface area contributed by atoms with Gasteiger partial charge in [-0.2, -0.15) is 0 Å². The topological polar surface area (TPSA) is 76.1 Å². The van der Waals surface area contributed by atoms with Gasteiger partial charge in [-0.25, -0.2) is 4.39 Å². The predicted molar refractivity (Wildman–Crippen MR) is 132 cm³/mol. The maximum atomic E-state index is 13.7. The third-order valence-electron chi connectivity index (χ3n) is 5.69. The molecule has 1 atom stereocenters. The Morgan fingerprint density at radius 1 is 0.971 bits per heavy atom. The van der Waals surface area contributed by atoms with E-state index in [-0.39, 0.29) is 26.9 Å². The highest BCUT2D eigenvalue weighted by molar-refractivity contribution is 6.52. The van der Waals surface area contributed by atoms with Gasteiger partial charge in [0.25, 0.3) is 11.7 Å². The Labute approximate surface area is 211 Å². The molecular formula is C26H20Cl2FNO5. The van der Waals surface area contributed by atoms with Crippen LogP contribution in [-0.4, -0.2) is 31.0 Å². The Balaban J connectivity index is 2.00. The molecule has 1 heterocycles. The van der Waals surface area contributed by atoms with Crippen LogP contribution in [0.15, 0.2) is 60.2 Å². The minimum Gasteiger partial charge on any atom is -0.507 e. The van der Waals surface area contributed by atoms with Crippen molar-refractivity contribution in [1.29, 1.82) is 0 Å². The van der Waals surface area contributed by atoms with Crippen molar-refractivity contribution in [2.24, 2.45) is 0 Å². The molecule has 0 spiro atoms. The van der Waals surface area contributed by atoms with Gasteiger partial charge in [-0.05, 0) is 60.5 Å². The molecule has 9 heteroatoms. The first-order valence-electron chi connectivity index (χ1n) is 10.4. The van der Waals surface area contributed by atoms with E-state index in [2.05, 4.69) is 0 Å². The number of aliphatic hydroxyl groups is 1. The first kappa shape index (κ1) is 24.6. The van der Waals surface area contributed by atoms with Crippen molar-refractivity contribution in [2.45, 2.75) is 13.0 Å². The number of ether oxygens (including phenoxy) is 2. The summed E-state index contributed by atoms with van der Waals surface area (Å²) in [6, 6.07) is 12.1. The minimum atomic E-state index is -1.08. The molecule has 0 aliphatic carbocycles. The van der Waals surface area contributed by atoms with Gasteiger partial charge < -0.3 is 14.6 Å². The molecule has 0 aromatic heterocycles. The molecule has 0 bridgehead atoms. The van der Waals surface area contributed by atoms with Crippen molar-refractivity contribution in [3.05, 3.63) is 92.7 Å². The van der Waals surface area contributed by atoms with Crippen LogP contribution in [0, 0.1) is 12.7 Å². The molecule has 1 aliphatic heterocycles. The number of Topliss-reactive ketones (excluding diaryl/α,β-unsaturated/α-hetero) is 1. The largest absolute Gasteiger partial charge is 0.507 e. The molecule has 4 rings (SSSR count). The van der Waals surface area contributed by atoms with Crippen LogP contribution in [0.1, 0.15) is 22.7 Å². The molecule has 0 radical (unpaired) electrons. The van der Waals surface area contributed by atoms with E-state index in [1.165, 1.54) is 49.5 Å². The lowest BCUT2D eigenvalue weighted by Crippen LogP contribution is -2.29. The summed E-state index contributed by atoms with van der Waals surface area (Å²) in [6.07, 6.45) is 0. The molecule has 3 aromatic rings. The van der Waals surface area contributed by atoms with E-state index in [9.17, 15) is 19.1 Å². The lowest BCUT2D eigenvalue weighted by atomic mass is 9.94. The average Bonchev–Trinajstić information content (AvgIpc) is 3.09. The fourth-order valence-electron chi connectivity index (χ4n) is 4.12. The molecule has 1 saturated heterocycles. The van der Waals surface area contributed by atoms with Gasteiger partial charge in [-0.3, -0.25) is 14.5 Å². The predicted octanol–water partition coefficient (Wildman–Crippen LogP) is 6.08. The molecule has 1 N–H and O–H groups in total. The van der Waals surface area contributed by atoms with Gasteiger partial charge in [0.15, 0.2) is 0 Å². The van der Waals surface area contributed by atoms with Crippen LogP contribution in [0.5, 0.6) is 11.5 Å². The van der Waals surface area contributed by atoms with Crippen LogP contribution in [0.4, 0.5) is 10.1 Å². The number of anilines is 1. The second-order valence-corrected chi connectivity index (χ2v) is 8.68. The van der Waals surface area contributed by atoms with Crippen LogP contribution in [0.3, 0.4) is 0 Å². The van der Waals surface area contributed by atoms with Gasteiger partial charge in [0.2, 0.25) is 0 Å². The number of aryl methyl sites for hydroxylation is 1. The quantitative estimate of drug-likeness (QED) is 0.253. The summed E-state index contributed by atoms with van der Waals surface area (Å²) in [5.74, 6) is -2.26. The number of hydrogen-bond donors (Lipinski definition) is 1. The van der Waals surface area contributed by atoms with Crippen LogP contribution >= 0.6 is 23.2 Å². The maximum Gasteiger partial charge on any atom is 0.300 e. The summed E-state index contributed by atoms with van der Waals surface area (Å²) in [5, 5.41) is 11.8. The summed E-state index contributed by atoms with van der Waals surface area (Å²) in [6.45, 7) is 1.76. The molecule has 0 saturated carbocycles. The third kappa shape index (κ3) is 4.33. The highest BCUT2D eigenvalue weighted by Crippen LogP contribution is 2.45. The smallest absolute Gasteiger partial charge is 0.300 e. The van der Waals surface area contributed by atoms with Crippen molar-refractivity contribution in [1.82, 2.24) is 0 Å². The Kier molecular flexibility index (Phi) is 6.74. The second kappa shape index (κ2) is 9.60. The van der Waals surface area contributed by atoms with E-state index < -0.39 is 29.3 Å². The van der Waals surface area contributed by atoms with E-state index in [4.69, 9.17) is 32.7 Å². The van der Waals surface area contributed by atoms with Crippen LogP contribution in [0.2, 0.25) is 10.0 Å². The Hall–Kier alpha value is -3.55. The van der Waals surface area contributed by atoms with Crippen LogP contribution < -0.4 is 14.4 Å². The molecule has 6 nitrogen and oxygen atoms in total. The molecule has 1 aliphatic rings. The summed E-state index contributed by atoms with van der Waals surface area (Å²) in [4.78, 5) is 27.8. The fraction of sp³-hybridized carbons (Fsp3) is 0.154. The van der Waals surface area contributed by atoms with E-state index in [1.807, 2.05) is 0 Å². The van der Waals surface area contributed by atoms with Crippen molar-refractivity contribution in [3.63, 3.8) is 0 Å². The number of nitrogens with zero attached hydrogens (tertiary/aromatic N) is 1. The zero-order chi connectivity index (χ0) is 25.4. The van der Waals surface area contributed by atoms with Crippen LogP contribution in [0.25, 0.3) is 5.76 Å². The van der Waals surface area contributed by atoms with Gasteiger partial charge in [0.05, 0.1) is 41.4 Å². The molecule has 180 valence electrons. The molecule has 35 heavy (non-hydrogen) atoms. The Bertz CT molecular complexity index is 1370. The van der Waals surface area contributed by atoms with Crippen molar-refractivity contribution in [3.8, 4) is 11.5 Å². The summed E-state index contributed by atoms with van der Waals surface area (Å²) < 4.78 is 24.3. The van der Waals surface area contributed by atoms with Crippen molar-refractivity contribution < 1.29 is 28.6 Å². The van der Waals surface area contributed by atoms with Gasteiger partial charge in [-0.1, -0.05) is 35.3 Å². The first-order chi connectivity index (χ1) is 16.7. The zero-order valence-electron chi connectivity index (χ0n) is 18.9. The number of rotatable bonds is 5. The van der Waals surface area contributed by atoms with Crippen molar-refractivity contribution >= 4 is 46.3 Å². The molecule has 1 fully saturated rings. The number of benzene rings is 3. The Morgan fingerprint density at radius 2 is 1.66 bits per heavy atom. The van der Waals surface area contributed by atoms with E-state index in [0.717, 1.165) is 0 Å². The van der Waals surface area contributed by atoms with E-state index in [1.54, 1.807) is 31.2 Å². The number of hydrogen-bond acceptors (Lipinski definition) is 5. The number of amides is 1. The molecule has 1 unspecified atom stereocenters. The van der Waals surface area contributed by atoms with Gasteiger partial charge in [0, 0.05) is 5.69 Å². The number of aliphatic hydroxyl groups excluding tert-OH is 1. The van der Waals surface area contributed by atoms with Crippen LogP contribution in [-0.2, 0) is 9.59 Å².